The molecule has 1 amide bonds. The van der Waals surface area contributed by atoms with Crippen LogP contribution in [0.4, 0.5) is 4.79 Å². The number of rotatable bonds is 6. The number of carboxylic acids is 1. The average Bonchev–Trinajstić information content (AvgIpc) is 3.47. The second kappa shape index (κ2) is 9.33. The summed E-state index contributed by atoms with van der Waals surface area (Å²) in [5.74, 6) is -1.05. The van der Waals surface area contributed by atoms with Gasteiger partial charge in [0, 0.05) is 36.6 Å². The molecule has 180 valence electrons. The molecule has 7 heteroatoms. The van der Waals surface area contributed by atoms with Crippen molar-refractivity contribution in [3.8, 4) is 22.6 Å². The van der Waals surface area contributed by atoms with Gasteiger partial charge in [0.15, 0.2) is 0 Å². The topological polar surface area (TPSA) is 85.3 Å². The number of fused-ring (bicyclic) bond motifs is 3. The summed E-state index contributed by atoms with van der Waals surface area (Å²) in [5.41, 5.74) is 5.31. The Hall–Kier alpha value is -4.00. The van der Waals surface area contributed by atoms with Crippen LogP contribution in [0.1, 0.15) is 28.5 Å². The summed E-state index contributed by atoms with van der Waals surface area (Å²) in [6.45, 7) is 0.500. The monoisotopic (exact) mass is 473 g/mol. The molecule has 1 saturated heterocycles. The fourth-order valence-electron chi connectivity index (χ4n) is 5.33. The van der Waals surface area contributed by atoms with Gasteiger partial charge in [0.2, 0.25) is 0 Å². The molecule has 0 radical (unpaired) electrons. The van der Waals surface area contributed by atoms with Gasteiger partial charge in [-0.1, -0.05) is 54.6 Å². The van der Waals surface area contributed by atoms with Gasteiger partial charge in [-0.3, -0.25) is 4.79 Å². The Morgan fingerprint density at radius 2 is 1.54 bits per heavy atom. The smallest absolute Gasteiger partial charge is 0.409 e. The predicted molar refractivity (Wildman–Crippen MR) is 130 cm³/mol. The van der Waals surface area contributed by atoms with E-state index in [0.717, 1.165) is 27.8 Å². The summed E-state index contributed by atoms with van der Waals surface area (Å²) in [6.07, 6.45) is -0.506. The van der Waals surface area contributed by atoms with Crippen LogP contribution in [0, 0.1) is 5.92 Å². The Balaban J connectivity index is 1.34. The van der Waals surface area contributed by atoms with Crippen molar-refractivity contribution in [1.82, 2.24) is 4.90 Å². The molecular weight excluding hydrogens is 446 g/mol. The van der Waals surface area contributed by atoms with E-state index in [9.17, 15) is 14.7 Å². The summed E-state index contributed by atoms with van der Waals surface area (Å²) in [7, 11) is 3.09. The van der Waals surface area contributed by atoms with Crippen LogP contribution >= 0.6 is 0 Å². The molecule has 35 heavy (non-hydrogen) atoms. The standard InChI is InChI=1S/C28H27NO6/c1-33-17-11-12-22(26(13-17)34-2)23-14-29(15-24(23)27(30)31)28(32)35-16-25-20-9-5-3-7-18(20)19-8-4-6-10-21(19)25/h3-13,23-25H,14-16H2,1-2H3,(H,30,31)/t23-,24+/m0/s1. The normalized spacial score (nSPS) is 18.6. The van der Waals surface area contributed by atoms with Crippen molar-refractivity contribution in [2.75, 3.05) is 33.9 Å². The maximum atomic E-state index is 13.1. The third-order valence-electron chi connectivity index (χ3n) is 7.07. The van der Waals surface area contributed by atoms with Gasteiger partial charge in [-0.25, -0.2) is 4.79 Å². The molecule has 7 nitrogen and oxygen atoms in total. The number of carboxylic acid groups (broad SMARTS) is 1. The summed E-state index contributed by atoms with van der Waals surface area (Å²) in [4.78, 5) is 26.6. The van der Waals surface area contributed by atoms with Crippen molar-refractivity contribution in [2.24, 2.45) is 5.92 Å². The molecule has 1 fully saturated rings. The molecule has 0 unspecified atom stereocenters. The maximum Gasteiger partial charge on any atom is 0.409 e. The summed E-state index contributed by atoms with van der Waals surface area (Å²) < 4.78 is 16.5. The summed E-state index contributed by atoms with van der Waals surface area (Å²) >= 11 is 0. The fourth-order valence-corrected chi connectivity index (χ4v) is 5.33. The minimum absolute atomic E-state index is 0.0540. The van der Waals surface area contributed by atoms with Gasteiger partial charge < -0.3 is 24.2 Å². The minimum Gasteiger partial charge on any atom is -0.497 e. The molecular formula is C28H27NO6. The number of hydrogen-bond acceptors (Lipinski definition) is 5. The zero-order chi connectivity index (χ0) is 24.5. The quantitative estimate of drug-likeness (QED) is 0.556. The molecule has 0 spiro atoms. The number of benzene rings is 3. The lowest BCUT2D eigenvalue weighted by Gasteiger charge is -2.20. The average molecular weight is 474 g/mol. The number of ether oxygens (including phenoxy) is 3. The van der Waals surface area contributed by atoms with Crippen LogP contribution in [-0.2, 0) is 9.53 Å². The first-order valence-corrected chi connectivity index (χ1v) is 11.6. The van der Waals surface area contributed by atoms with Crippen LogP contribution < -0.4 is 9.47 Å². The first-order chi connectivity index (χ1) is 17.0. The molecule has 1 N–H and O–H groups in total. The molecule has 2 aliphatic rings. The third kappa shape index (κ3) is 4.07. The molecule has 0 aromatic heterocycles. The molecule has 0 bridgehead atoms. The van der Waals surface area contributed by atoms with Crippen LogP contribution in [0.25, 0.3) is 11.1 Å². The Morgan fingerprint density at radius 1 is 0.886 bits per heavy atom. The van der Waals surface area contributed by atoms with E-state index in [1.807, 2.05) is 24.3 Å². The van der Waals surface area contributed by atoms with Gasteiger partial charge in [0.1, 0.15) is 18.1 Å². The number of carbonyl (C=O) groups excluding carboxylic acids is 1. The Morgan fingerprint density at radius 3 is 2.14 bits per heavy atom. The number of hydrogen-bond donors (Lipinski definition) is 1. The van der Waals surface area contributed by atoms with E-state index < -0.39 is 23.9 Å². The van der Waals surface area contributed by atoms with E-state index in [4.69, 9.17) is 14.2 Å². The highest BCUT2D eigenvalue weighted by atomic mass is 16.6. The maximum absolute atomic E-state index is 13.1. The lowest BCUT2D eigenvalue weighted by Crippen LogP contribution is -2.31. The van der Waals surface area contributed by atoms with E-state index in [-0.39, 0.29) is 25.6 Å². The Kier molecular flexibility index (Phi) is 6.07. The summed E-state index contributed by atoms with van der Waals surface area (Å²) in [6, 6.07) is 21.6. The highest BCUT2D eigenvalue weighted by Gasteiger charge is 2.42. The highest BCUT2D eigenvalue weighted by molar-refractivity contribution is 5.79. The van der Waals surface area contributed by atoms with Crippen LogP contribution in [0.3, 0.4) is 0 Å². The Labute approximate surface area is 203 Å². The number of aliphatic carboxylic acids is 1. The van der Waals surface area contributed by atoms with Gasteiger partial charge in [0.05, 0.1) is 20.1 Å². The second-order valence-corrected chi connectivity index (χ2v) is 8.87. The highest BCUT2D eigenvalue weighted by Crippen LogP contribution is 2.45. The van der Waals surface area contributed by atoms with E-state index in [2.05, 4.69) is 24.3 Å². The molecule has 2 atom stereocenters. The molecule has 1 aliphatic heterocycles. The van der Waals surface area contributed by atoms with Crippen molar-refractivity contribution in [2.45, 2.75) is 11.8 Å². The first-order valence-electron chi connectivity index (χ1n) is 11.6. The second-order valence-electron chi connectivity index (χ2n) is 8.87. The predicted octanol–water partition coefficient (Wildman–Crippen LogP) is 4.75. The molecule has 0 saturated carbocycles. The number of carbonyl (C=O) groups is 2. The number of amides is 1. The molecule has 5 rings (SSSR count). The molecule has 1 heterocycles. The van der Waals surface area contributed by atoms with Gasteiger partial charge in [-0.15, -0.1) is 0 Å². The van der Waals surface area contributed by atoms with E-state index >= 15 is 0 Å². The van der Waals surface area contributed by atoms with Crippen LogP contribution in [0.2, 0.25) is 0 Å². The van der Waals surface area contributed by atoms with Crippen molar-refractivity contribution < 1.29 is 28.9 Å². The van der Waals surface area contributed by atoms with Gasteiger partial charge >= 0.3 is 12.1 Å². The number of likely N-dealkylation sites (tertiary alicyclic amines) is 1. The molecule has 3 aromatic carbocycles. The molecule has 1 aliphatic carbocycles. The van der Waals surface area contributed by atoms with Crippen molar-refractivity contribution in [3.05, 3.63) is 83.4 Å². The van der Waals surface area contributed by atoms with Gasteiger partial charge in [-0.2, -0.15) is 0 Å². The lowest BCUT2D eigenvalue weighted by molar-refractivity contribution is -0.141. The zero-order valence-electron chi connectivity index (χ0n) is 19.6. The van der Waals surface area contributed by atoms with Gasteiger partial charge in [0.25, 0.3) is 0 Å². The largest absolute Gasteiger partial charge is 0.497 e. The third-order valence-corrected chi connectivity index (χ3v) is 7.07. The van der Waals surface area contributed by atoms with Crippen LogP contribution in [0.15, 0.2) is 66.7 Å². The van der Waals surface area contributed by atoms with Crippen molar-refractivity contribution in [3.63, 3.8) is 0 Å². The minimum atomic E-state index is -0.957. The first kappa shape index (κ1) is 22.8. The number of nitrogens with zero attached hydrogens (tertiary/aromatic N) is 1. The number of methoxy groups -OCH3 is 2. The SMILES string of the molecule is COc1ccc([C@@H]2CN(C(=O)OCC3c4ccccc4-c4ccccc43)C[C@H]2C(=O)O)c(OC)c1. The van der Waals surface area contributed by atoms with E-state index in [1.54, 1.807) is 25.3 Å². The zero-order valence-corrected chi connectivity index (χ0v) is 19.6. The van der Waals surface area contributed by atoms with Crippen molar-refractivity contribution in [1.29, 1.82) is 0 Å². The fraction of sp³-hybridized carbons (Fsp3) is 0.286. The van der Waals surface area contributed by atoms with Crippen LogP contribution in [0.5, 0.6) is 11.5 Å². The van der Waals surface area contributed by atoms with Crippen molar-refractivity contribution >= 4 is 12.1 Å². The molecule has 3 aromatic rings. The Bertz CT molecular complexity index is 1230. The van der Waals surface area contributed by atoms with Gasteiger partial charge in [-0.05, 0) is 28.3 Å². The van der Waals surface area contributed by atoms with E-state index in [0.29, 0.717) is 11.5 Å². The van der Waals surface area contributed by atoms with E-state index in [1.165, 1.54) is 12.0 Å². The van der Waals surface area contributed by atoms with Crippen LogP contribution in [-0.4, -0.2) is 56.0 Å². The summed E-state index contributed by atoms with van der Waals surface area (Å²) in [5, 5.41) is 9.89. The lowest BCUT2D eigenvalue weighted by atomic mass is 9.88.